The van der Waals surface area contributed by atoms with Crippen LogP contribution in [0.3, 0.4) is 0 Å². The van der Waals surface area contributed by atoms with E-state index in [1.807, 2.05) is 19.9 Å². The zero-order chi connectivity index (χ0) is 24.7. The van der Waals surface area contributed by atoms with Gasteiger partial charge in [-0.2, -0.15) is 0 Å². The number of rotatable bonds is 6. The van der Waals surface area contributed by atoms with Gasteiger partial charge in [0.2, 0.25) is 5.88 Å². The summed E-state index contributed by atoms with van der Waals surface area (Å²) < 4.78 is 6.12. The Hall–Kier alpha value is -2.50. The molecule has 2 aliphatic rings. The molecular weight excluding hydrogens is 418 g/mol. The minimum Gasteiger partial charge on any atom is -0.505 e. The molecule has 33 heavy (non-hydrogen) atoms. The Labute approximate surface area is 197 Å². The van der Waals surface area contributed by atoms with Crippen molar-refractivity contribution in [2.45, 2.75) is 66.7 Å². The third kappa shape index (κ3) is 4.02. The second kappa shape index (κ2) is 9.03. The first-order valence-corrected chi connectivity index (χ1v) is 12.0. The van der Waals surface area contributed by atoms with Gasteiger partial charge in [-0.25, -0.2) is 0 Å². The third-order valence-electron chi connectivity index (χ3n) is 8.30. The molecule has 1 aromatic heterocycles. The number of aromatic hydroxyl groups is 2. The minimum atomic E-state index is -0.823. The molecule has 1 aromatic rings. The summed E-state index contributed by atoms with van der Waals surface area (Å²) in [5, 5.41) is 22.0. The van der Waals surface area contributed by atoms with Gasteiger partial charge in [-0.15, -0.1) is 0 Å². The molecule has 182 valence electrons. The van der Waals surface area contributed by atoms with Crippen molar-refractivity contribution in [3.8, 4) is 11.6 Å². The summed E-state index contributed by atoms with van der Waals surface area (Å²) in [6, 6.07) is 0. The highest BCUT2D eigenvalue weighted by atomic mass is 16.5. The highest BCUT2D eigenvalue weighted by Gasteiger charge is 2.58. The lowest BCUT2D eigenvalue weighted by atomic mass is 9.46. The normalized spacial score (nSPS) is 31.8. The van der Waals surface area contributed by atoms with E-state index in [2.05, 4.69) is 32.9 Å². The number of ether oxygens (including phenoxy) is 1. The lowest BCUT2D eigenvalue weighted by Crippen LogP contribution is -2.53. The van der Waals surface area contributed by atoms with E-state index in [0.717, 1.165) is 24.8 Å². The molecule has 0 spiro atoms. The van der Waals surface area contributed by atoms with E-state index in [-0.39, 0.29) is 53.1 Å². The molecule has 3 rings (SSSR count). The molecule has 6 nitrogen and oxygen atoms in total. The van der Waals surface area contributed by atoms with Crippen molar-refractivity contribution in [1.82, 2.24) is 4.57 Å². The van der Waals surface area contributed by atoms with E-state index >= 15 is 0 Å². The van der Waals surface area contributed by atoms with Crippen LogP contribution >= 0.6 is 0 Å². The van der Waals surface area contributed by atoms with Crippen molar-refractivity contribution in [2.24, 2.45) is 35.6 Å². The number of ketones is 1. The summed E-state index contributed by atoms with van der Waals surface area (Å²) in [6.45, 7) is 10.6. The minimum absolute atomic E-state index is 0.0370. The van der Waals surface area contributed by atoms with E-state index in [0.29, 0.717) is 11.6 Å². The first kappa shape index (κ1) is 25.1. The van der Waals surface area contributed by atoms with Crippen molar-refractivity contribution in [2.75, 3.05) is 7.11 Å². The number of carbonyl (C=O) groups excluding carboxylic acids is 2. The van der Waals surface area contributed by atoms with Crippen molar-refractivity contribution in [1.29, 1.82) is 0 Å². The maximum Gasteiger partial charge on any atom is 0.305 e. The molecule has 0 aliphatic heterocycles. The fraction of sp³-hybridized carbons (Fsp3) is 0.630. The molecule has 0 aromatic carbocycles. The topological polar surface area (TPSA) is 88.8 Å². The zero-order valence-corrected chi connectivity index (χ0v) is 21.1. The van der Waals surface area contributed by atoms with Crippen LogP contribution in [0.1, 0.15) is 76.4 Å². The number of nitrogens with zero attached hydrogens (tertiary/aromatic N) is 1. The lowest BCUT2D eigenvalue weighted by Gasteiger charge is -2.56. The Morgan fingerprint density at radius 3 is 2.55 bits per heavy atom. The van der Waals surface area contributed by atoms with Crippen LogP contribution in [-0.4, -0.2) is 33.6 Å². The third-order valence-corrected chi connectivity index (χ3v) is 8.30. The maximum atomic E-state index is 14.3. The molecule has 5 atom stereocenters. The summed E-state index contributed by atoms with van der Waals surface area (Å²) in [6.07, 6.45) is 9.62. The average molecular weight is 458 g/mol. The van der Waals surface area contributed by atoms with Gasteiger partial charge in [0.25, 0.3) is 0 Å². The van der Waals surface area contributed by atoms with Crippen molar-refractivity contribution < 1.29 is 24.5 Å². The van der Waals surface area contributed by atoms with Crippen LogP contribution in [0.15, 0.2) is 23.8 Å². The largest absolute Gasteiger partial charge is 0.505 e. The molecule has 1 fully saturated rings. The first-order valence-electron chi connectivity index (χ1n) is 12.0. The van der Waals surface area contributed by atoms with Gasteiger partial charge in [0.15, 0.2) is 11.5 Å². The lowest BCUT2D eigenvalue weighted by molar-refractivity contribution is -0.140. The number of fused-ring (bicyclic) bond motifs is 1. The summed E-state index contributed by atoms with van der Waals surface area (Å²) in [7, 11) is 2.91. The molecule has 0 amide bonds. The summed E-state index contributed by atoms with van der Waals surface area (Å²) in [4.78, 5) is 26.0. The Morgan fingerprint density at radius 1 is 1.27 bits per heavy atom. The highest BCUT2D eigenvalue weighted by molar-refractivity contribution is 6.06. The van der Waals surface area contributed by atoms with Gasteiger partial charge in [0.1, 0.15) is 5.56 Å². The van der Waals surface area contributed by atoms with Crippen LogP contribution < -0.4 is 0 Å². The first-order chi connectivity index (χ1) is 15.4. The smallest absolute Gasteiger partial charge is 0.305 e. The van der Waals surface area contributed by atoms with Gasteiger partial charge in [0.05, 0.1) is 19.2 Å². The molecule has 2 aliphatic carbocycles. The summed E-state index contributed by atoms with van der Waals surface area (Å²) in [5.74, 6) is -0.605. The number of esters is 1. The van der Waals surface area contributed by atoms with E-state index < -0.39 is 11.4 Å². The number of hydrogen-bond donors (Lipinski definition) is 2. The molecule has 0 saturated heterocycles. The van der Waals surface area contributed by atoms with Crippen molar-refractivity contribution in [3.63, 3.8) is 0 Å². The van der Waals surface area contributed by atoms with Gasteiger partial charge < -0.3 is 19.5 Å². The molecule has 5 unspecified atom stereocenters. The van der Waals surface area contributed by atoms with Crippen LogP contribution in [-0.2, 0) is 23.0 Å². The number of Topliss-reactive ketones (excluding diaryl/α,β-unsaturated/α-hetero) is 1. The second-order valence-corrected chi connectivity index (χ2v) is 10.6. The predicted molar refractivity (Wildman–Crippen MR) is 128 cm³/mol. The number of allylic oxidation sites excluding steroid dienone is 4. The van der Waals surface area contributed by atoms with Crippen molar-refractivity contribution >= 4 is 11.8 Å². The summed E-state index contributed by atoms with van der Waals surface area (Å²) >= 11 is 0. The zero-order valence-electron chi connectivity index (χ0n) is 21.1. The van der Waals surface area contributed by atoms with Gasteiger partial charge in [-0.1, -0.05) is 51.0 Å². The van der Waals surface area contributed by atoms with Crippen LogP contribution in [0.5, 0.6) is 11.6 Å². The molecule has 0 bridgehead atoms. The van der Waals surface area contributed by atoms with E-state index in [9.17, 15) is 19.8 Å². The van der Waals surface area contributed by atoms with E-state index in [1.54, 1.807) is 7.05 Å². The number of carbonyl (C=O) groups is 2. The monoisotopic (exact) mass is 457 g/mol. The molecule has 1 heterocycles. The Kier molecular flexibility index (Phi) is 6.88. The van der Waals surface area contributed by atoms with Crippen LogP contribution in [0.4, 0.5) is 0 Å². The molecule has 1 saturated carbocycles. The number of hydrogen-bond acceptors (Lipinski definition) is 5. The van der Waals surface area contributed by atoms with Gasteiger partial charge in [0, 0.05) is 24.8 Å². The fourth-order valence-electron chi connectivity index (χ4n) is 6.86. The maximum absolute atomic E-state index is 14.3. The molecule has 2 N–H and O–H groups in total. The molecular formula is C27H39NO5. The van der Waals surface area contributed by atoms with Crippen LogP contribution in [0.2, 0.25) is 0 Å². The van der Waals surface area contributed by atoms with Gasteiger partial charge >= 0.3 is 5.97 Å². The highest BCUT2D eigenvalue weighted by Crippen LogP contribution is 2.61. The number of methoxy groups -OCH3 is 1. The number of aromatic nitrogens is 1. The Morgan fingerprint density at radius 2 is 1.94 bits per heavy atom. The second-order valence-electron chi connectivity index (χ2n) is 10.6. The quantitative estimate of drug-likeness (QED) is 0.343. The van der Waals surface area contributed by atoms with E-state index in [1.165, 1.54) is 11.7 Å². The predicted octanol–water partition coefficient (Wildman–Crippen LogP) is 5.33. The van der Waals surface area contributed by atoms with Gasteiger partial charge in [-0.05, 0) is 43.9 Å². The summed E-state index contributed by atoms with van der Waals surface area (Å²) in [5.41, 5.74) is 0.520. The average Bonchev–Trinajstić information content (AvgIpc) is 2.96. The molecule has 6 heteroatoms. The Bertz CT molecular complexity index is 1000. The van der Waals surface area contributed by atoms with Gasteiger partial charge in [-0.3, -0.25) is 9.59 Å². The molecule has 0 radical (unpaired) electrons. The standard InChI is InChI=1S/C27H39NO5/c1-8-9-18-17(3)15-26(4)14-16(2)10-12-20(26)27(18,5)24(31)22-23(30)19(28(6)25(22)32)11-13-21(29)33-7/h8-9,15-16,18,20,30,32H,10-14H2,1-7H3. The van der Waals surface area contributed by atoms with Crippen LogP contribution in [0.25, 0.3) is 0 Å². The van der Waals surface area contributed by atoms with Crippen LogP contribution in [0, 0.1) is 28.6 Å². The fourth-order valence-corrected chi connectivity index (χ4v) is 6.86. The SMILES string of the molecule is CC=CC1C(C)=CC2(C)CC(C)CCC2C1(C)C(=O)c1c(O)c(CCC(=O)OC)n(C)c1O. The van der Waals surface area contributed by atoms with E-state index in [4.69, 9.17) is 4.74 Å². The Balaban J connectivity index is 2.14. The van der Waals surface area contributed by atoms with Crippen molar-refractivity contribution in [3.05, 3.63) is 35.1 Å².